The Hall–Kier alpha value is -2.02. The van der Waals surface area contributed by atoms with E-state index in [1.165, 1.54) is 30.9 Å². The first-order chi connectivity index (χ1) is 11.0. The molecule has 0 unspecified atom stereocenters. The van der Waals surface area contributed by atoms with E-state index in [1.54, 1.807) is 12.1 Å². The van der Waals surface area contributed by atoms with Gasteiger partial charge in [0.2, 0.25) is 0 Å². The van der Waals surface area contributed by atoms with Crippen LogP contribution in [-0.4, -0.2) is 42.7 Å². The molecular weight excluding hydrogens is 312 g/mol. The summed E-state index contributed by atoms with van der Waals surface area (Å²) in [5, 5.41) is 0. The van der Waals surface area contributed by atoms with Crippen molar-refractivity contribution in [1.29, 1.82) is 0 Å². The average molecular weight is 330 g/mol. The molecule has 0 radical (unpaired) electrons. The number of anilines is 1. The van der Waals surface area contributed by atoms with Crippen molar-refractivity contribution < 1.29 is 8.42 Å². The standard InChI is InChI=1S/C16H18N4O2S/c1-23(21,22)14-4-5-15(17-8-14)20-9-13(10-20)16-18-6-12(7-19-16)11-2-3-11/h4-8,11,13H,2-3,9-10H2,1H3. The maximum Gasteiger partial charge on any atom is 0.177 e. The summed E-state index contributed by atoms with van der Waals surface area (Å²) < 4.78 is 22.9. The summed E-state index contributed by atoms with van der Waals surface area (Å²) in [6.45, 7) is 1.63. The van der Waals surface area contributed by atoms with Crippen molar-refractivity contribution in [3.63, 3.8) is 0 Å². The fourth-order valence-electron chi connectivity index (χ4n) is 2.79. The molecule has 23 heavy (non-hydrogen) atoms. The molecule has 2 aromatic heterocycles. The lowest BCUT2D eigenvalue weighted by Crippen LogP contribution is -2.46. The molecule has 2 aliphatic rings. The summed E-state index contributed by atoms with van der Waals surface area (Å²) in [4.78, 5) is 15.6. The van der Waals surface area contributed by atoms with Gasteiger partial charge in [-0.15, -0.1) is 0 Å². The van der Waals surface area contributed by atoms with E-state index >= 15 is 0 Å². The van der Waals surface area contributed by atoms with E-state index in [4.69, 9.17) is 0 Å². The van der Waals surface area contributed by atoms with Gasteiger partial charge in [-0.3, -0.25) is 0 Å². The highest BCUT2D eigenvalue weighted by atomic mass is 32.2. The van der Waals surface area contributed by atoms with Crippen LogP contribution in [0.5, 0.6) is 0 Å². The normalized spacial score (nSPS) is 18.7. The molecule has 2 aromatic rings. The zero-order valence-electron chi connectivity index (χ0n) is 12.9. The number of hydrogen-bond donors (Lipinski definition) is 0. The van der Waals surface area contributed by atoms with Gasteiger partial charge in [0.05, 0.1) is 10.8 Å². The summed E-state index contributed by atoms with van der Waals surface area (Å²) in [6, 6.07) is 3.36. The second kappa shape index (κ2) is 5.26. The molecule has 0 spiro atoms. The van der Waals surface area contributed by atoms with Crippen molar-refractivity contribution in [1.82, 2.24) is 15.0 Å². The van der Waals surface area contributed by atoms with E-state index < -0.39 is 9.84 Å². The minimum absolute atomic E-state index is 0.248. The number of pyridine rings is 1. The number of aromatic nitrogens is 3. The predicted molar refractivity (Wildman–Crippen MR) is 86.3 cm³/mol. The van der Waals surface area contributed by atoms with Gasteiger partial charge in [0, 0.05) is 37.9 Å². The third-order valence-corrected chi connectivity index (χ3v) is 5.56. The van der Waals surface area contributed by atoms with Crippen LogP contribution in [0.3, 0.4) is 0 Å². The van der Waals surface area contributed by atoms with E-state index in [2.05, 4.69) is 19.9 Å². The van der Waals surface area contributed by atoms with Gasteiger partial charge in [0.15, 0.2) is 9.84 Å². The van der Waals surface area contributed by atoms with Gasteiger partial charge < -0.3 is 4.90 Å². The van der Waals surface area contributed by atoms with Crippen molar-refractivity contribution >= 4 is 15.7 Å². The van der Waals surface area contributed by atoms with Gasteiger partial charge in [-0.1, -0.05) is 0 Å². The first kappa shape index (κ1) is 14.6. The molecule has 0 amide bonds. The summed E-state index contributed by atoms with van der Waals surface area (Å²) in [5.41, 5.74) is 1.25. The number of nitrogens with zero attached hydrogens (tertiary/aromatic N) is 4. The zero-order chi connectivity index (χ0) is 16.0. The Morgan fingerprint density at radius 1 is 1.00 bits per heavy atom. The number of hydrogen-bond acceptors (Lipinski definition) is 6. The van der Waals surface area contributed by atoms with Crippen molar-refractivity contribution in [2.75, 3.05) is 24.2 Å². The topological polar surface area (TPSA) is 76.1 Å². The van der Waals surface area contributed by atoms with Gasteiger partial charge in [-0.05, 0) is 36.5 Å². The summed E-state index contributed by atoms with van der Waals surface area (Å²) in [6.07, 6.45) is 9.04. The van der Waals surface area contributed by atoms with Crippen molar-refractivity contribution in [3.8, 4) is 0 Å². The summed E-state index contributed by atoms with van der Waals surface area (Å²) in [5.74, 6) is 2.68. The Morgan fingerprint density at radius 2 is 1.70 bits per heavy atom. The van der Waals surface area contributed by atoms with Gasteiger partial charge in [0.1, 0.15) is 11.6 Å². The van der Waals surface area contributed by atoms with Crippen LogP contribution in [0, 0.1) is 0 Å². The van der Waals surface area contributed by atoms with E-state index in [0.717, 1.165) is 24.7 Å². The number of sulfone groups is 1. The second-order valence-electron chi connectivity index (χ2n) is 6.38. The predicted octanol–water partition coefficient (Wildman–Crippen LogP) is 1.76. The molecular formula is C16H18N4O2S. The Morgan fingerprint density at radius 3 is 2.22 bits per heavy atom. The SMILES string of the molecule is CS(=O)(=O)c1ccc(N2CC(c3ncc(C4CC4)cn3)C2)nc1. The van der Waals surface area contributed by atoms with Gasteiger partial charge in [-0.25, -0.2) is 23.4 Å². The molecule has 0 bridgehead atoms. The molecule has 1 aliphatic carbocycles. The van der Waals surface area contributed by atoms with Crippen LogP contribution in [0.2, 0.25) is 0 Å². The lowest BCUT2D eigenvalue weighted by Gasteiger charge is -2.39. The van der Waals surface area contributed by atoms with Crippen molar-refractivity contribution in [2.45, 2.75) is 29.6 Å². The Balaban J connectivity index is 1.40. The van der Waals surface area contributed by atoms with Crippen molar-refractivity contribution in [3.05, 3.63) is 42.1 Å². The molecule has 3 heterocycles. The van der Waals surface area contributed by atoms with Gasteiger partial charge in [-0.2, -0.15) is 0 Å². The minimum Gasteiger partial charge on any atom is -0.355 e. The maximum atomic E-state index is 11.4. The van der Waals surface area contributed by atoms with Crippen LogP contribution in [0.4, 0.5) is 5.82 Å². The lowest BCUT2D eigenvalue weighted by molar-refractivity contribution is 0.495. The summed E-state index contributed by atoms with van der Waals surface area (Å²) >= 11 is 0. The van der Waals surface area contributed by atoms with E-state index in [-0.39, 0.29) is 4.90 Å². The Bertz CT molecular complexity index is 808. The van der Waals surface area contributed by atoms with Crippen LogP contribution in [0.25, 0.3) is 0 Å². The molecule has 0 aromatic carbocycles. The van der Waals surface area contributed by atoms with Crippen LogP contribution >= 0.6 is 0 Å². The van der Waals surface area contributed by atoms with Crippen LogP contribution in [-0.2, 0) is 9.84 Å². The van der Waals surface area contributed by atoms with E-state index in [0.29, 0.717) is 11.8 Å². The van der Waals surface area contributed by atoms with Crippen LogP contribution in [0.15, 0.2) is 35.6 Å². The number of rotatable bonds is 4. The fraction of sp³-hybridized carbons (Fsp3) is 0.438. The molecule has 0 N–H and O–H groups in total. The molecule has 0 atom stereocenters. The van der Waals surface area contributed by atoms with Gasteiger partial charge in [0.25, 0.3) is 0 Å². The van der Waals surface area contributed by atoms with E-state index in [1.807, 2.05) is 12.4 Å². The first-order valence-electron chi connectivity index (χ1n) is 7.73. The molecule has 120 valence electrons. The van der Waals surface area contributed by atoms with Crippen LogP contribution < -0.4 is 4.90 Å². The molecule has 1 saturated carbocycles. The summed E-state index contributed by atoms with van der Waals surface area (Å²) in [7, 11) is -3.19. The smallest absolute Gasteiger partial charge is 0.177 e. The quantitative estimate of drug-likeness (QED) is 0.850. The highest BCUT2D eigenvalue weighted by Crippen LogP contribution is 2.39. The first-order valence-corrected chi connectivity index (χ1v) is 9.63. The fourth-order valence-corrected chi connectivity index (χ4v) is 3.35. The zero-order valence-corrected chi connectivity index (χ0v) is 13.7. The second-order valence-corrected chi connectivity index (χ2v) is 8.39. The lowest BCUT2D eigenvalue weighted by atomic mass is 9.99. The minimum atomic E-state index is -3.19. The van der Waals surface area contributed by atoms with E-state index in [9.17, 15) is 8.42 Å². The molecule has 1 saturated heterocycles. The molecule has 2 fully saturated rings. The van der Waals surface area contributed by atoms with Crippen molar-refractivity contribution in [2.24, 2.45) is 0 Å². The highest BCUT2D eigenvalue weighted by Gasteiger charge is 2.32. The highest BCUT2D eigenvalue weighted by molar-refractivity contribution is 7.90. The third kappa shape index (κ3) is 2.93. The Kier molecular flexibility index (Phi) is 3.33. The Labute approximate surface area is 135 Å². The monoisotopic (exact) mass is 330 g/mol. The molecule has 4 rings (SSSR count). The molecule has 1 aliphatic heterocycles. The largest absolute Gasteiger partial charge is 0.355 e. The maximum absolute atomic E-state index is 11.4. The van der Waals surface area contributed by atoms with Crippen LogP contribution in [0.1, 0.15) is 36.1 Å². The molecule has 6 nitrogen and oxygen atoms in total. The average Bonchev–Trinajstić information content (AvgIpc) is 3.31. The molecule has 7 heteroatoms. The van der Waals surface area contributed by atoms with Gasteiger partial charge >= 0.3 is 0 Å². The third-order valence-electron chi connectivity index (χ3n) is 4.46.